The van der Waals surface area contributed by atoms with Gasteiger partial charge in [-0.2, -0.15) is 0 Å². The summed E-state index contributed by atoms with van der Waals surface area (Å²) in [7, 11) is 0. The predicted molar refractivity (Wildman–Crippen MR) is 63.6 cm³/mol. The van der Waals surface area contributed by atoms with E-state index >= 15 is 0 Å². The maximum atomic E-state index is 8.62. The molecule has 0 aromatic heterocycles. The van der Waals surface area contributed by atoms with Gasteiger partial charge in [0.05, 0.1) is 0 Å². The zero-order valence-electron chi connectivity index (χ0n) is 9.35. The zero-order chi connectivity index (χ0) is 11.6. The normalized spacial score (nSPS) is 10.1. The van der Waals surface area contributed by atoms with Crippen LogP contribution in [0.15, 0.2) is 24.3 Å². The molecule has 1 aromatic carbocycles. The first-order chi connectivity index (χ1) is 7.86. The lowest BCUT2D eigenvalue weighted by Gasteiger charge is -2.08. The molecule has 0 fully saturated rings. The van der Waals surface area contributed by atoms with Crippen molar-refractivity contribution in [1.29, 1.82) is 0 Å². The molecule has 16 heavy (non-hydrogen) atoms. The molecule has 0 spiro atoms. The molecule has 0 radical (unpaired) electrons. The first-order valence-electron chi connectivity index (χ1n) is 5.55. The Kier molecular flexibility index (Phi) is 6.37. The maximum absolute atomic E-state index is 8.62. The Morgan fingerprint density at radius 1 is 1.12 bits per heavy atom. The van der Waals surface area contributed by atoms with Crippen molar-refractivity contribution >= 4 is 5.69 Å². The molecular formula is C12H19NO3. The number of benzene rings is 1. The summed E-state index contributed by atoms with van der Waals surface area (Å²) in [6.07, 6.45) is 2.91. The molecule has 0 unspecified atom stereocenters. The quantitative estimate of drug-likeness (QED) is 0.464. The van der Waals surface area contributed by atoms with E-state index in [4.69, 9.17) is 14.9 Å². The van der Waals surface area contributed by atoms with E-state index in [0.717, 1.165) is 31.5 Å². The van der Waals surface area contributed by atoms with Crippen LogP contribution in [-0.2, 0) is 0 Å². The molecule has 0 atom stereocenters. The van der Waals surface area contributed by atoms with Gasteiger partial charge in [-0.1, -0.05) is 6.07 Å². The van der Waals surface area contributed by atoms with Gasteiger partial charge >= 0.3 is 0 Å². The largest absolute Gasteiger partial charge is 0.468 e. The molecule has 0 aliphatic carbocycles. The second kappa shape index (κ2) is 7.96. The Morgan fingerprint density at radius 2 is 2.00 bits per heavy atom. The van der Waals surface area contributed by atoms with Gasteiger partial charge in [0, 0.05) is 24.9 Å². The molecule has 0 aliphatic heterocycles. The number of aliphatic hydroxyl groups is 2. The fourth-order valence-electron chi connectivity index (χ4n) is 1.42. The molecule has 0 saturated heterocycles. The summed E-state index contributed by atoms with van der Waals surface area (Å²) in [6, 6.07) is 7.48. The average molecular weight is 225 g/mol. The molecule has 0 amide bonds. The molecule has 0 saturated carbocycles. The Morgan fingerprint density at radius 3 is 2.75 bits per heavy atom. The monoisotopic (exact) mass is 225 g/mol. The molecule has 90 valence electrons. The van der Waals surface area contributed by atoms with Crippen molar-refractivity contribution in [1.82, 2.24) is 0 Å². The fourth-order valence-corrected chi connectivity index (χ4v) is 1.42. The number of anilines is 1. The molecular weight excluding hydrogens is 206 g/mol. The topological polar surface area (TPSA) is 61.7 Å². The molecule has 0 bridgehead atoms. The van der Waals surface area contributed by atoms with Crippen molar-refractivity contribution in [3.05, 3.63) is 24.3 Å². The second-order valence-electron chi connectivity index (χ2n) is 3.51. The van der Waals surface area contributed by atoms with E-state index in [2.05, 4.69) is 5.32 Å². The SMILES string of the molecule is OCCCCCNc1cccc(OCO)c1. The van der Waals surface area contributed by atoms with Crippen LogP contribution in [0.2, 0.25) is 0 Å². The minimum absolute atomic E-state index is 0.264. The first kappa shape index (κ1) is 12.8. The van der Waals surface area contributed by atoms with E-state index in [1.165, 1.54) is 0 Å². The summed E-state index contributed by atoms with van der Waals surface area (Å²) in [5.41, 5.74) is 0.981. The highest BCUT2D eigenvalue weighted by atomic mass is 16.6. The van der Waals surface area contributed by atoms with Crippen molar-refractivity contribution < 1.29 is 14.9 Å². The van der Waals surface area contributed by atoms with Gasteiger partial charge in [0.1, 0.15) is 5.75 Å². The van der Waals surface area contributed by atoms with Crippen molar-refractivity contribution in [3.8, 4) is 5.75 Å². The van der Waals surface area contributed by atoms with Crippen LogP contribution < -0.4 is 10.1 Å². The van der Waals surface area contributed by atoms with Crippen LogP contribution in [0.5, 0.6) is 5.75 Å². The third kappa shape index (κ3) is 5.00. The third-order valence-corrected chi connectivity index (χ3v) is 2.23. The van der Waals surface area contributed by atoms with Gasteiger partial charge in [-0.05, 0) is 31.4 Å². The average Bonchev–Trinajstić information content (AvgIpc) is 2.30. The van der Waals surface area contributed by atoms with E-state index in [0.29, 0.717) is 5.75 Å². The summed E-state index contributed by atoms with van der Waals surface area (Å²) < 4.78 is 4.97. The Balaban J connectivity index is 2.27. The lowest BCUT2D eigenvalue weighted by molar-refractivity contribution is 0.0986. The van der Waals surface area contributed by atoms with Crippen LogP contribution in [-0.4, -0.2) is 30.2 Å². The number of unbranched alkanes of at least 4 members (excludes halogenated alkanes) is 2. The Bertz CT molecular complexity index is 291. The van der Waals surface area contributed by atoms with E-state index in [9.17, 15) is 0 Å². The van der Waals surface area contributed by atoms with Gasteiger partial charge in [-0.15, -0.1) is 0 Å². The summed E-state index contributed by atoms with van der Waals surface area (Å²) >= 11 is 0. The summed E-state index contributed by atoms with van der Waals surface area (Å²) in [5, 5.41) is 20.5. The fraction of sp³-hybridized carbons (Fsp3) is 0.500. The van der Waals surface area contributed by atoms with E-state index in [-0.39, 0.29) is 13.4 Å². The Hall–Kier alpha value is -1.26. The van der Waals surface area contributed by atoms with E-state index in [1.807, 2.05) is 18.2 Å². The molecule has 1 rings (SSSR count). The molecule has 1 aromatic rings. The minimum Gasteiger partial charge on any atom is -0.468 e. The maximum Gasteiger partial charge on any atom is 0.186 e. The highest BCUT2D eigenvalue weighted by molar-refractivity contribution is 5.47. The van der Waals surface area contributed by atoms with Crippen molar-refractivity contribution in [2.75, 3.05) is 25.3 Å². The molecule has 4 nitrogen and oxygen atoms in total. The van der Waals surface area contributed by atoms with Crippen molar-refractivity contribution in [2.24, 2.45) is 0 Å². The van der Waals surface area contributed by atoms with Gasteiger partial charge in [-0.25, -0.2) is 0 Å². The number of ether oxygens (including phenoxy) is 1. The van der Waals surface area contributed by atoms with Crippen LogP contribution in [0, 0.1) is 0 Å². The Labute approximate surface area is 95.9 Å². The van der Waals surface area contributed by atoms with Crippen molar-refractivity contribution in [2.45, 2.75) is 19.3 Å². The highest BCUT2D eigenvalue weighted by Crippen LogP contribution is 2.17. The van der Waals surface area contributed by atoms with E-state index < -0.39 is 0 Å². The van der Waals surface area contributed by atoms with Crippen LogP contribution in [0.25, 0.3) is 0 Å². The number of aliphatic hydroxyl groups excluding tert-OH is 2. The van der Waals surface area contributed by atoms with Crippen LogP contribution in [0.3, 0.4) is 0 Å². The van der Waals surface area contributed by atoms with Crippen LogP contribution in [0.1, 0.15) is 19.3 Å². The number of rotatable bonds is 8. The second-order valence-corrected chi connectivity index (χ2v) is 3.51. The lowest BCUT2D eigenvalue weighted by atomic mass is 10.2. The van der Waals surface area contributed by atoms with Gasteiger partial charge in [0.2, 0.25) is 0 Å². The summed E-state index contributed by atoms with van der Waals surface area (Å²) in [5.74, 6) is 0.655. The minimum atomic E-state index is -0.306. The number of hydrogen-bond acceptors (Lipinski definition) is 4. The van der Waals surface area contributed by atoms with Gasteiger partial charge in [0.25, 0.3) is 0 Å². The molecule has 0 aliphatic rings. The molecule has 0 heterocycles. The molecule has 4 heteroatoms. The summed E-state index contributed by atoms with van der Waals surface area (Å²) in [6.45, 7) is 0.836. The third-order valence-electron chi connectivity index (χ3n) is 2.23. The predicted octanol–water partition coefficient (Wildman–Crippen LogP) is 1.59. The number of hydrogen-bond donors (Lipinski definition) is 3. The highest BCUT2D eigenvalue weighted by Gasteiger charge is 1.95. The van der Waals surface area contributed by atoms with Crippen LogP contribution >= 0.6 is 0 Å². The van der Waals surface area contributed by atoms with Gasteiger partial charge in [-0.3, -0.25) is 0 Å². The van der Waals surface area contributed by atoms with Gasteiger partial charge < -0.3 is 20.3 Å². The first-order valence-corrected chi connectivity index (χ1v) is 5.55. The lowest BCUT2D eigenvalue weighted by Crippen LogP contribution is -2.02. The molecule has 3 N–H and O–H groups in total. The standard InChI is InChI=1S/C12H19NO3/c14-8-3-1-2-7-13-11-5-4-6-12(9-11)16-10-15/h4-6,9,13-15H,1-3,7-8,10H2. The zero-order valence-corrected chi connectivity index (χ0v) is 9.35. The smallest absolute Gasteiger partial charge is 0.186 e. The van der Waals surface area contributed by atoms with Crippen molar-refractivity contribution in [3.63, 3.8) is 0 Å². The van der Waals surface area contributed by atoms with E-state index in [1.54, 1.807) is 6.07 Å². The van der Waals surface area contributed by atoms with Crippen LogP contribution in [0.4, 0.5) is 5.69 Å². The number of nitrogens with one attached hydrogen (secondary N) is 1. The van der Waals surface area contributed by atoms with Gasteiger partial charge in [0.15, 0.2) is 6.79 Å². The summed E-state index contributed by atoms with van der Waals surface area (Å²) in [4.78, 5) is 0.